The van der Waals surface area contributed by atoms with E-state index in [2.05, 4.69) is 10.7 Å². The van der Waals surface area contributed by atoms with Gasteiger partial charge in [0.2, 0.25) is 0 Å². The maximum absolute atomic E-state index is 12.3. The Hall–Kier alpha value is -2.19. The molecular weight excluding hydrogens is 276 g/mol. The molecule has 2 rings (SSSR count). The highest BCUT2D eigenvalue weighted by atomic mass is 16.6. The molecule has 0 heterocycles. The van der Waals surface area contributed by atoms with Crippen molar-refractivity contribution in [2.24, 2.45) is 5.84 Å². The number of carbonyl (C=O) groups is 1. The van der Waals surface area contributed by atoms with E-state index in [0.29, 0.717) is 5.69 Å². The summed E-state index contributed by atoms with van der Waals surface area (Å²) in [5, 5.41) is 13.7. The molecule has 8 nitrogen and oxygen atoms in total. The van der Waals surface area contributed by atoms with Crippen LogP contribution in [0.2, 0.25) is 0 Å². The van der Waals surface area contributed by atoms with Crippen molar-refractivity contribution in [2.45, 2.75) is 31.4 Å². The first-order valence-corrected chi connectivity index (χ1v) is 6.65. The van der Waals surface area contributed by atoms with Gasteiger partial charge in [-0.15, -0.1) is 0 Å². The second-order valence-corrected chi connectivity index (χ2v) is 4.92. The van der Waals surface area contributed by atoms with Gasteiger partial charge in [-0.2, -0.15) is 0 Å². The second kappa shape index (κ2) is 6.51. The number of non-ortho nitro benzene ring substituents is 1. The van der Waals surface area contributed by atoms with E-state index < -0.39 is 10.8 Å². The number of hydrazine groups is 1. The number of nitrogens with two attached hydrogens (primary N) is 1. The molecule has 2 atom stereocenters. The Morgan fingerprint density at radius 3 is 2.86 bits per heavy atom. The fourth-order valence-electron chi connectivity index (χ4n) is 2.58. The Labute approximate surface area is 121 Å². The molecule has 1 fully saturated rings. The van der Waals surface area contributed by atoms with Gasteiger partial charge in [0.1, 0.15) is 0 Å². The molecule has 0 bridgehead atoms. The number of methoxy groups -OCH3 is 1. The van der Waals surface area contributed by atoms with Crippen molar-refractivity contribution in [3.8, 4) is 0 Å². The smallest absolute Gasteiger partial charge is 0.270 e. The highest BCUT2D eigenvalue weighted by molar-refractivity contribution is 6.00. The molecule has 8 heteroatoms. The van der Waals surface area contributed by atoms with Gasteiger partial charge in [0.15, 0.2) is 0 Å². The number of anilines is 1. The predicted molar refractivity (Wildman–Crippen MR) is 76.8 cm³/mol. The molecule has 1 aromatic carbocycles. The summed E-state index contributed by atoms with van der Waals surface area (Å²) in [6, 6.07) is 3.82. The van der Waals surface area contributed by atoms with Gasteiger partial charge in [-0.1, -0.05) is 0 Å². The van der Waals surface area contributed by atoms with Crippen LogP contribution in [0, 0.1) is 10.1 Å². The van der Waals surface area contributed by atoms with Crippen LogP contribution in [0.5, 0.6) is 0 Å². The van der Waals surface area contributed by atoms with E-state index in [4.69, 9.17) is 10.6 Å². The van der Waals surface area contributed by atoms with E-state index in [0.717, 1.165) is 19.3 Å². The molecular formula is C13H18N4O4. The zero-order chi connectivity index (χ0) is 15.4. The summed E-state index contributed by atoms with van der Waals surface area (Å²) < 4.78 is 5.32. The summed E-state index contributed by atoms with van der Waals surface area (Å²) in [4.78, 5) is 22.6. The van der Waals surface area contributed by atoms with Crippen LogP contribution in [-0.2, 0) is 4.74 Å². The number of nitro groups is 1. The summed E-state index contributed by atoms with van der Waals surface area (Å²) in [6.07, 6.45) is 2.66. The number of amides is 1. The molecule has 0 aliphatic heterocycles. The molecule has 0 saturated heterocycles. The molecule has 114 valence electrons. The lowest BCUT2D eigenvalue weighted by atomic mass is 10.1. The van der Waals surface area contributed by atoms with Crippen LogP contribution >= 0.6 is 0 Å². The molecule has 1 aliphatic carbocycles. The molecule has 1 aliphatic rings. The SMILES string of the molecule is COC1CCCC1NC(=O)c1cc([N+](=O)[O-])ccc1NN. The highest BCUT2D eigenvalue weighted by Crippen LogP contribution is 2.24. The number of benzene rings is 1. The normalized spacial score (nSPS) is 21.0. The monoisotopic (exact) mass is 294 g/mol. The third kappa shape index (κ3) is 3.29. The van der Waals surface area contributed by atoms with Crippen molar-refractivity contribution in [1.82, 2.24) is 5.32 Å². The van der Waals surface area contributed by atoms with Gasteiger partial charge in [-0.25, -0.2) is 0 Å². The zero-order valence-corrected chi connectivity index (χ0v) is 11.7. The van der Waals surface area contributed by atoms with Crippen molar-refractivity contribution < 1.29 is 14.5 Å². The topological polar surface area (TPSA) is 120 Å². The number of nitrogens with one attached hydrogen (secondary N) is 2. The third-order valence-corrected chi connectivity index (χ3v) is 3.69. The van der Waals surface area contributed by atoms with Gasteiger partial charge < -0.3 is 15.5 Å². The van der Waals surface area contributed by atoms with E-state index in [1.54, 1.807) is 7.11 Å². The first-order chi connectivity index (χ1) is 10.1. The summed E-state index contributed by atoms with van der Waals surface area (Å²) in [6.45, 7) is 0. The van der Waals surface area contributed by atoms with Crippen molar-refractivity contribution in [3.63, 3.8) is 0 Å². The lowest BCUT2D eigenvalue weighted by molar-refractivity contribution is -0.384. The van der Waals surface area contributed by atoms with E-state index in [1.807, 2.05) is 0 Å². The molecule has 4 N–H and O–H groups in total. The lowest BCUT2D eigenvalue weighted by Gasteiger charge is -2.20. The molecule has 0 radical (unpaired) electrons. The minimum atomic E-state index is -0.551. The van der Waals surface area contributed by atoms with Crippen molar-refractivity contribution in [2.75, 3.05) is 12.5 Å². The summed E-state index contributed by atoms with van der Waals surface area (Å²) >= 11 is 0. The quantitative estimate of drug-likeness (QED) is 0.426. The Kier molecular flexibility index (Phi) is 4.71. The number of nitro benzene ring substituents is 1. The maximum atomic E-state index is 12.3. The number of rotatable bonds is 5. The Morgan fingerprint density at radius 2 is 2.24 bits per heavy atom. The third-order valence-electron chi connectivity index (χ3n) is 3.69. The van der Waals surface area contributed by atoms with Crippen LogP contribution in [-0.4, -0.2) is 30.1 Å². The Morgan fingerprint density at radius 1 is 1.48 bits per heavy atom. The average Bonchev–Trinajstić information content (AvgIpc) is 2.93. The minimum absolute atomic E-state index is 0.0260. The Balaban J connectivity index is 2.21. The van der Waals surface area contributed by atoms with Crippen LogP contribution < -0.4 is 16.6 Å². The highest BCUT2D eigenvalue weighted by Gasteiger charge is 2.29. The van der Waals surface area contributed by atoms with Crippen LogP contribution in [0.15, 0.2) is 18.2 Å². The number of nitrogen functional groups attached to an aromatic ring is 1. The minimum Gasteiger partial charge on any atom is -0.379 e. The summed E-state index contributed by atoms with van der Waals surface area (Å²) in [7, 11) is 1.61. The summed E-state index contributed by atoms with van der Waals surface area (Å²) in [5.74, 6) is 4.95. The number of ether oxygens (including phenoxy) is 1. The summed E-state index contributed by atoms with van der Waals surface area (Å²) in [5.41, 5.74) is 2.70. The van der Waals surface area contributed by atoms with Gasteiger partial charge in [0.25, 0.3) is 11.6 Å². The molecule has 1 saturated carbocycles. The second-order valence-electron chi connectivity index (χ2n) is 4.92. The van der Waals surface area contributed by atoms with Gasteiger partial charge in [0, 0.05) is 19.2 Å². The fraction of sp³-hybridized carbons (Fsp3) is 0.462. The number of hydrogen-bond acceptors (Lipinski definition) is 6. The Bertz CT molecular complexity index is 549. The number of hydrogen-bond donors (Lipinski definition) is 3. The molecule has 1 aromatic rings. The standard InChI is InChI=1S/C13H18N4O4/c1-21-12-4-2-3-11(12)15-13(18)9-7-8(17(19)20)5-6-10(9)16-14/h5-7,11-12,16H,2-4,14H2,1H3,(H,15,18). The van der Waals surface area contributed by atoms with E-state index in [1.165, 1.54) is 18.2 Å². The first kappa shape index (κ1) is 15.2. The van der Waals surface area contributed by atoms with Crippen LogP contribution in [0.1, 0.15) is 29.6 Å². The van der Waals surface area contributed by atoms with Gasteiger partial charge in [-0.3, -0.25) is 20.8 Å². The largest absolute Gasteiger partial charge is 0.379 e. The van der Waals surface area contributed by atoms with Crippen molar-refractivity contribution in [1.29, 1.82) is 0 Å². The first-order valence-electron chi connectivity index (χ1n) is 6.65. The van der Waals surface area contributed by atoms with Crippen LogP contribution in [0.4, 0.5) is 11.4 Å². The fourth-order valence-corrected chi connectivity index (χ4v) is 2.58. The van der Waals surface area contributed by atoms with Crippen molar-refractivity contribution >= 4 is 17.3 Å². The predicted octanol–water partition coefficient (Wildman–Crippen LogP) is 1.18. The lowest BCUT2D eigenvalue weighted by Crippen LogP contribution is -2.41. The molecule has 2 unspecified atom stereocenters. The van der Waals surface area contributed by atoms with E-state index >= 15 is 0 Å². The van der Waals surface area contributed by atoms with E-state index in [-0.39, 0.29) is 23.4 Å². The molecule has 1 amide bonds. The van der Waals surface area contributed by atoms with Gasteiger partial charge in [-0.05, 0) is 25.3 Å². The van der Waals surface area contributed by atoms with Gasteiger partial charge >= 0.3 is 0 Å². The molecule has 0 spiro atoms. The average molecular weight is 294 g/mol. The van der Waals surface area contributed by atoms with Crippen LogP contribution in [0.25, 0.3) is 0 Å². The molecule has 21 heavy (non-hydrogen) atoms. The van der Waals surface area contributed by atoms with Crippen LogP contribution in [0.3, 0.4) is 0 Å². The molecule has 0 aromatic heterocycles. The van der Waals surface area contributed by atoms with Gasteiger partial charge in [0.05, 0.1) is 28.3 Å². The van der Waals surface area contributed by atoms with E-state index in [9.17, 15) is 14.9 Å². The van der Waals surface area contributed by atoms with Crippen molar-refractivity contribution in [3.05, 3.63) is 33.9 Å². The number of nitrogens with zero attached hydrogens (tertiary/aromatic N) is 1. The number of carbonyl (C=O) groups excluding carboxylic acids is 1. The maximum Gasteiger partial charge on any atom is 0.270 e. The zero-order valence-electron chi connectivity index (χ0n) is 11.7.